The third-order valence-corrected chi connectivity index (χ3v) is 3.21. The smallest absolute Gasteiger partial charge is 0.308 e. The van der Waals surface area contributed by atoms with E-state index in [1.54, 1.807) is 39.0 Å². The molecule has 6 heteroatoms. The maximum absolute atomic E-state index is 12.0. The first kappa shape index (κ1) is 15.5. The van der Waals surface area contributed by atoms with Gasteiger partial charge < -0.3 is 9.64 Å². The maximum atomic E-state index is 12.0. The lowest BCUT2D eigenvalue weighted by Gasteiger charge is -2.21. The van der Waals surface area contributed by atoms with Gasteiger partial charge in [0.15, 0.2) is 0 Å². The summed E-state index contributed by atoms with van der Waals surface area (Å²) in [5.74, 6) is -1.69. The van der Waals surface area contributed by atoms with E-state index in [9.17, 15) is 14.4 Å². The second-order valence-electron chi connectivity index (χ2n) is 5.76. The predicted octanol–water partition coefficient (Wildman–Crippen LogP) is 2.60. The molecule has 112 valence electrons. The summed E-state index contributed by atoms with van der Waals surface area (Å²) in [5, 5.41) is 0.316. The van der Waals surface area contributed by atoms with Crippen LogP contribution < -0.4 is 4.90 Å². The third-order valence-electron chi connectivity index (χ3n) is 2.90. The summed E-state index contributed by atoms with van der Waals surface area (Å²) in [6, 6.07) is 4.77. The summed E-state index contributed by atoms with van der Waals surface area (Å²) in [6.45, 7) is 5.36. The second kappa shape index (κ2) is 5.48. The van der Waals surface area contributed by atoms with Crippen molar-refractivity contribution >= 4 is 34.9 Å². The molecule has 1 heterocycles. The molecule has 0 bridgehead atoms. The van der Waals surface area contributed by atoms with E-state index < -0.39 is 23.3 Å². The van der Waals surface area contributed by atoms with Gasteiger partial charge in [0.05, 0.1) is 22.7 Å². The van der Waals surface area contributed by atoms with E-state index in [1.165, 1.54) is 4.90 Å². The van der Waals surface area contributed by atoms with Crippen molar-refractivity contribution < 1.29 is 19.1 Å². The number of para-hydroxylation sites is 1. The zero-order chi connectivity index (χ0) is 15.8. The van der Waals surface area contributed by atoms with E-state index in [0.717, 1.165) is 0 Å². The van der Waals surface area contributed by atoms with E-state index in [0.29, 0.717) is 10.7 Å². The quantitative estimate of drug-likeness (QED) is 0.636. The molecule has 0 aromatic heterocycles. The van der Waals surface area contributed by atoms with Crippen LogP contribution in [0.2, 0.25) is 5.02 Å². The zero-order valence-corrected chi connectivity index (χ0v) is 12.9. The Morgan fingerprint density at radius 2 is 1.95 bits per heavy atom. The van der Waals surface area contributed by atoms with E-state index >= 15 is 0 Å². The summed E-state index contributed by atoms with van der Waals surface area (Å²) >= 11 is 6.05. The standard InChI is InChI=1S/C15H16ClNO4/c1-15(2,3)21-11(18)7-8-17-12-9(13(19)14(17)20)5-4-6-10(12)16/h4-6H,7-8H2,1-3H3. The number of carbonyl (C=O) groups is 3. The van der Waals surface area contributed by atoms with Gasteiger partial charge in [-0.3, -0.25) is 14.4 Å². The number of fused-ring (bicyclic) bond motifs is 1. The molecule has 2 rings (SSSR count). The predicted molar refractivity (Wildman–Crippen MR) is 78.6 cm³/mol. The molecule has 21 heavy (non-hydrogen) atoms. The molecule has 0 N–H and O–H groups in total. The van der Waals surface area contributed by atoms with Crippen LogP contribution >= 0.6 is 11.6 Å². The number of amides is 1. The van der Waals surface area contributed by atoms with Crippen LogP contribution in [-0.4, -0.2) is 29.8 Å². The highest BCUT2D eigenvalue weighted by Crippen LogP contribution is 2.35. The van der Waals surface area contributed by atoms with Gasteiger partial charge in [-0.2, -0.15) is 0 Å². The highest BCUT2D eigenvalue weighted by Gasteiger charge is 2.37. The highest BCUT2D eigenvalue weighted by molar-refractivity contribution is 6.54. The van der Waals surface area contributed by atoms with E-state index in [-0.39, 0.29) is 18.5 Å². The summed E-state index contributed by atoms with van der Waals surface area (Å²) < 4.78 is 5.18. The van der Waals surface area contributed by atoms with Gasteiger partial charge in [-0.25, -0.2) is 0 Å². The second-order valence-corrected chi connectivity index (χ2v) is 6.17. The molecular formula is C15H16ClNO4. The van der Waals surface area contributed by atoms with Crippen molar-refractivity contribution in [3.8, 4) is 0 Å². The number of ether oxygens (including phenoxy) is 1. The number of hydrogen-bond donors (Lipinski definition) is 0. The molecule has 0 saturated heterocycles. The number of nitrogens with zero attached hydrogens (tertiary/aromatic N) is 1. The Morgan fingerprint density at radius 1 is 1.29 bits per heavy atom. The van der Waals surface area contributed by atoms with Crippen molar-refractivity contribution in [2.45, 2.75) is 32.8 Å². The maximum Gasteiger partial charge on any atom is 0.308 e. The van der Waals surface area contributed by atoms with Crippen LogP contribution in [0, 0.1) is 0 Å². The Balaban J connectivity index is 2.14. The van der Waals surface area contributed by atoms with Gasteiger partial charge in [0.1, 0.15) is 5.60 Å². The molecule has 1 aromatic rings. The first-order valence-corrected chi connectivity index (χ1v) is 6.95. The first-order valence-electron chi connectivity index (χ1n) is 6.57. The number of benzene rings is 1. The Labute approximate surface area is 127 Å². The van der Waals surface area contributed by atoms with Gasteiger partial charge in [0.2, 0.25) is 0 Å². The highest BCUT2D eigenvalue weighted by atomic mass is 35.5. The fourth-order valence-electron chi connectivity index (χ4n) is 2.12. The van der Waals surface area contributed by atoms with Gasteiger partial charge in [0.25, 0.3) is 11.7 Å². The van der Waals surface area contributed by atoms with Crippen LogP contribution in [0.1, 0.15) is 37.6 Å². The number of rotatable bonds is 3. The van der Waals surface area contributed by atoms with Crippen LogP contribution in [0.4, 0.5) is 5.69 Å². The largest absolute Gasteiger partial charge is 0.460 e. The number of esters is 1. The Hall–Kier alpha value is -1.88. The molecular weight excluding hydrogens is 294 g/mol. The molecule has 0 atom stereocenters. The average Bonchev–Trinajstić information content (AvgIpc) is 2.60. The molecule has 0 radical (unpaired) electrons. The van der Waals surface area contributed by atoms with Gasteiger partial charge in [-0.15, -0.1) is 0 Å². The monoisotopic (exact) mass is 309 g/mol. The molecule has 1 aliphatic heterocycles. The molecule has 1 aromatic carbocycles. The van der Waals surface area contributed by atoms with Crippen molar-refractivity contribution in [2.24, 2.45) is 0 Å². The lowest BCUT2D eigenvalue weighted by Crippen LogP contribution is -2.33. The van der Waals surface area contributed by atoms with Crippen LogP contribution in [-0.2, 0) is 14.3 Å². The van der Waals surface area contributed by atoms with Crippen LogP contribution in [0.5, 0.6) is 0 Å². The normalized spacial score (nSPS) is 14.4. The van der Waals surface area contributed by atoms with Crippen LogP contribution in [0.3, 0.4) is 0 Å². The number of Topliss-reactive ketones (excluding diaryl/α,β-unsaturated/α-hetero) is 1. The van der Waals surface area contributed by atoms with Crippen molar-refractivity contribution in [1.29, 1.82) is 0 Å². The minimum absolute atomic E-state index is 0.000946. The van der Waals surface area contributed by atoms with Gasteiger partial charge in [0, 0.05) is 6.54 Å². The third kappa shape index (κ3) is 3.24. The summed E-state index contributed by atoms with van der Waals surface area (Å²) in [5.41, 5.74) is 0.0618. The lowest BCUT2D eigenvalue weighted by atomic mass is 10.1. The lowest BCUT2D eigenvalue weighted by molar-refractivity contribution is -0.154. The van der Waals surface area contributed by atoms with Gasteiger partial charge >= 0.3 is 5.97 Å². The molecule has 0 fully saturated rings. The molecule has 0 saturated carbocycles. The summed E-state index contributed by atoms with van der Waals surface area (Å²) in [7, 11) is 0. The van der Waals surface area contributed by atoms with Crippen molar-refractivity contribution in [1.82, 2.24) is 0 Å². The summed E-state index contributed by atoms with van der Waals surface area (Å²) in [6.07, 6.45) is 0.000946. The Morgan fingerprint density at radius 3 is 2.57 bits per heavy atom. The SMILES string of the molecule is CC(C)(C)OC(=O)CCN1C(=O)C(=O)c2cccc(Cl)c21. The zero-order valence-electron chi connectivity index (χ0n) is 12.1. The molecule has 1 amide bonds. The molecule has 5 nitrogen and oxygen atoms in total. The van der Waals surface area contributed by atoms with E-state index in [1.807, 2.05) is 0 Å². The Kier molecular flexibility index (Phi) is 4.05. The minimum Gasteiger partial charge on any atom is -0.460 e. The first-order chi connectivity index (χ1) is 9.70. The van der Waals surface area contributed by atoms with Gasteiger partial charge in [-0.05, 0) is 32.9 Å². The minimum atomic E-state index is -0.665. The number of ketones is 1. The molecule has 0 aliphatic carbocycles. The van der Waals surface area contributed by atoms with Gasteiger partial charge in [-0.1, -0.05) is 17.7 Å². The number of halogens is 1. The topological polar surface area (TPSA) is 63.7 Å². The van der Waals surface area contributed by atoms with E-state index in [4.69, 9.17) is 16.3 Å². The van der Waals surface area contributed by atoms with Crippen LogP contribution in [0.25, 0.3) is 0 Å². The average molecular weight is 310 g/mol. The Bertz CT molecular complexity index is 619. The van der Waals surface area contributed by atoms with E-state index in [2.05, 4.69) is 0 Å². The fourth-order valence-corrected chi connectivity index (χ4v) is 2.40. The van der Waals surface area contributed by atoms with Crippen molar-refractivity contribution in [3.63, 3.8) is 0 Å². The number of carbonyl (C=O) groups excluding carboxylic acids is 3. The fraction of sp³-hybridized carbons (Fsp3) is 0.400. The molecule has 0 spiro atoms. The van der Waals surface area contributed by atoms with Crippen LogP contribution in [0.15, 0.2) is 18.2 Å². The summed E-state index contributed by atoms with van der Waals surface area (Å²) in [4.78, 5) is 36.8. The molecule has 0 unspecified atom stereocenters. The number of hydrogen-bond acceptors (Lipinski definition) is 4. The molecule has 1 aliphatic rings. The van der Waals surface area contributed by atoms with Crippen molar-refractivity contribution in [2.75, 3.05) is 11.4 Å². The van der Waals surface area contributed by atoms with Crippen molar-refractivity contribution in [3.05, 3.63) is 28.8 Å². The number of anilines is 1.